The fourth-order valence-corrected chi connectivity index (χ4v) is 4.92. The van der Waals surface area contributed by atoms with E-state index in [-0.39, 0.29) is 17.9 Å². The van der Waals surface area contributed by atoms with Gasteiger partial charge in [0, 0.05) is 25.1 Å². The lowest BCUT2D eigenvalue weighted by molar-refractivity contribution is -0.140. The number of hydrogen-bond donors (Lipinski definition) is 1. The SMILES string of the molecule is CCCCCOc1cccc(C2/C(=C(\O)c3c(C)nc4ccccn34)C(=O)C(=O)N2Cc2cccnc2)c1. The molecule has 1 unspecified atom stereocenters. The van der Waals surface area contributed by atoms with Crippen LogP contribution in [0.15, 0.2) is 78.8 Å². The van der Waals surface area contributed by atoms with E-state index in [1.165, 1.54) is 4.90 Å². The fraction of sp³-hybridized carbons (Fsp3) is 0.267. The van der Waals surface area contributed by atoms with Crippen molar-refractivity contribution in [2.75, 3.05) is 6.61 Å². The number of benzene rings is 1. The van der Waals surface area contributed by atoms with E-state index in [9.17, 15) is 14.7 Å². The van der Waals surface area contributed by atoms with Crippen LogP contribution in [0, 0.1) is 6.92 Å². The molecule has 1 N–H and O–H groups in total. The van der Waals surface area contributed by atoms with Gasteiger partial charge < -0.3 is 14.7 Å². The maximum atomic E-state index is 13.5. The van der Waals surface area contributed by atoms with Gasteiger partial charge in [0.05, 0.1) is 23.9 Å². The van der Waals surface area contributed by atoms with Gasteiger partial charge in [0.2, 0.25) is 0 Å². The van der Waals surface area contributed by atoms with Crippen LogP contribution < -0.4 is 4.74 Å². The number of aromatic nitrogens is 3. The number of hydrogen-bond acceptors (Lipinski definition) is 6. The van der Waals surface area contributed by atoms with Gasteiger partial charge in [-0.2, -0.15) is 0 Å². The zero-order valence-electron chi connectivity index (χ0n) is 21.5. The Morgan fingerprint density at radius 3 is 2.74 bits per heavy atom. The first-order chi connectivity index (χ1) is 18.5. The van der Waals surface area contributed by atoms with E-state index in [4.69, 9.17) is 4.74 Å². The third-order valence-corrected chi connectivity index (χ3v) is 6.73. The number of Topliss-reactive ketones (excluding diaryl/α,β-unsaturated/α-hetero) is 1. The Morgan fingerprint density at radius 1 is 1.08 bits per heavy atom. The highest BCUT2D eigenvalue weighted by Gasteiger charge is 2.46. The van der Waals surface area contributed by atoms with Crippen molar-refractivity contribution in [2.45, 2.75) is 45.7 Å². The van der Waals surface area contributed by atoms with Gasteiger partial charge in [-0.25, -0.2) is 4.98 Å². The van der Waals surface area contributed by atoms with Crippen molar-refractivity contribution in [1.29, 1.82) is 0 Å². The van der Waals surface area contributed by atoms with Gasteiger partial charge in [-0.3, -0.25) is 19.0 Å². The monoisotopic (exact) mass is 510 g/mol. The van der Waals surface area contributed by atoms with Gasteiger partial charge in [0.1, 0.15) is 17.1 Å². The molecule has 8 heteroatoms. The minimum atomic E-state index is -0.817. The number of ketones is 1. The molecule has 1 saturated heterocycles. The summed E-state index contributed by atoms with van der Waals surface area (Å²) in [6, 6.07) is 15.7. The van der Waals surface area contributed by atoms with Crippen LogP contribution >= 0.6 is 0 Å². The number of aliphatic hydroxyl groups excluding tert-OH is 1. The summed E-state index contributed by atoms with van der Waals surface area (Å²) < 4.78 is 7.69. The van der Waals surface area contributed by atoms with Gasteiger partial charge in [-0.05, 0) is 54.8 Å². The molecular formula is C30H30N4O4. The van der Waals surface area contributed by atoms with Crippen LogP contribution in [-0.4, -0.2) is 42.7 Å². The summed E-state index contributed by atoms with van der Waals surface area (Å²) in [5, 5.41) is 11.6. The number of pyridine rings is 2. The lowest BCUT2D eigenvalue weighted by atomic mass is 9.96. The second kappa shape index (κ2) is 10.9. The highest BCUT2D eigenvalue weighted by molar-refractivity contribution is 6.46. The smallest absolute Gasteiger partial charge is 0.295 e. The number of rotatable bonds is 9. The highest BCUT2D eigenvalue weighted by Crippen LogP contribution is 2.41. The molecule has 1 amide bonds. The van der Waals surface area contributed by atoms with E-state index in [1.807, 2.05) is 48.5 Å². The fourth-order valence-electron chi connectivity index (χ4n) is 4.92. The van der Waals surface area contributed by atoms with Crippen molar-refractivity contribution < 1.29 is 19.4 Å². The number of carbonyl (C=O) groups is 2. The number of aliphatic hydroxyl groups is 1. The van der Waals surface area contributed by atoms with Crippen LogP contribution in [0.25, 0.3) is 11.4 Å². The number of ether oxygens (including phenoxy) is 1. The Kier molecular flexibility index (Phi) is 7.22. The first-order valence-corrected chi connectivity index (χ1v) is 12.8. The molecule has 4 heterocycles. The number of fused-ring (bicyclic) bond motifs is 1. The van der Waals surface area contributed by atoms with Crippen molar-refractivity contribution in [3.05, 3.63) is 101 Å². The second-order valence-corrected chi connectivity index (χ2v) is 9.39. The van der Waals surface area contributed by atoms with Gasteiger partial charge in [0.25, 0.3) is 11.7 Å². The molecule has 8 nitrogen and oxygen atoms in total. The molecule has 1 fully saturated rings. The molecule has 0 aliphatic carbocycles. The van der Waals surface area contributed by atoms with Crippen molar-refractivity contribution >= 4 is 23.1 Å². The summed E-state index contributed by atoms with van der Waals surface area (Å²) in [4.78, 5) is 37.1. The number of unbranched alkanes of at least 4 members (excludes halogenated alkanes) is 2. The van der Waals surface area contributed by atoms with Crippen LogP contribution in [-0.2, 0) is 16.1 Å². The average Bonchev–Trinajstić information content (AvgIpc) is 3.40. The normalized spacial score (nSPS) is 16.9. The second-order valence-electron chi connectivity index (χ2n) is 9.39. The number of amides is 1. The Balaban J connectivity index is 1.63. The molecule has 5 rings (SSSR count). The van der Waals surface area contributed by atoms with Crippen LogP contribution in [0.5, 0.6) is 5.75 Å². The summed E-state index contributed by atoms with van der Waals surface area (Å²) in [5.74, 6) is -1.03. The number of carbonyl (C=O) groups excluding carboxylic acids is 2. The molecule has 1 aliphatic heterocycles. The minimum absolute atomic E-state index is 0.0239. The molecular weight excluding hydrogens is 480 g/mol. The first kappa shape index (κ1) is 25.2. The number of nitrogens with zero attached hydrogens (tertiary/aromatic N) is 4. The third kappa shape index (κ3) is 4.77. The Hall–Kier alpha value is -4.46. The zero-order chi connectivity index (χ0) is 26.6. The van der Waals surface area contributed by atoms with E-state index >= 15 is 0 Å². The Morgan fingerprint density at radius 2 is 1.95 bits per heavy atom. The number of likely N-dealkylation sites (tertiary alicyclic amines) is 1. The molecule has 0 spiro atoms. The van der Waals surface area contributed by atoms with E-state index in [2.05, 4.69) is 16.9 Å². The lowest BCUT2D eigenvalue weighted by Crippen LogP contribution is -2.29. The number of aryl methyl sites for hydroxylation is 1. The van der Waals surface area contributed by atoms with Crippen LogP contribution in [0.1, 0.15) is 54.7 Å². The van der Waals surface area contributed by atoms with Crippen LogP contribution in [0.3, 0.4) is 0 Å². The average molecular weight is 511 g/mol. The van der Waals surface area contributed by atoms with Gasteiger partial charge in [0.15, 0.2) is 5.76 Å². The molecule has 1 aliphatic rings. The molecule has 1 atom stereocenters. The van der Waals surface area contributed by atoms with Gasteiger partial charge in [-0.1, -0.05) is 44.0 Å². The first-order valence-electron chi connectivity index (χ1n) is 12.8. The zero-order valence-corrected chi connectivity index (χ0v) is 21.5. The summed E-state index contributed by atoms with van der Waals surface area (Å²) >= 11 is 0. The molecule has 0 radical (unpaired) electrons. The van der Waals surface area contributed by atoms with E-state index in [1.54, 1.807) is 36.0 Å². The maximum Gasteiger partial charge on any atom is 0.295 e. The highest BCUT2D eigenvalue weighted by atomic mass is 16.5. The molecule has 194 valence electrons. The van der Waals surface area contributed by atoms with E-state index in [0.29, 0.717) is 35.0 Å². The molecule has 0 bridgehead atoms. The molecule has 3 aromatic heterocycles. The minimum Gasteiger partial charge on any atom is -0.505 e. The van der Waals surface area contributed by atoms with E-state index in [0.717, 1.165) is 24.8 Å². The predicted molar refractivity (Wildman–Crippen MR) is 143 cm³/mol. The summed E-state index contributed by atoms with van der Waals surface area (Å²) in [5.41, 5.74) is 3.05. The van der Waals surface area contributed by atoms with Crippen LogP contribution in [0.2, 0.25) is 0 Å². The van der Waals surface area contributed by atoms with Gasteiger partial charge >= 0.3 is 0 Å². The predicted octanol–water partition coefficient (Wildman–Crippen LogP) is 5.23. The maximum absolute atomic E-state index is 13.5. The Bertz CT molecular complexity index is 1510. The quantitative estimate of drug-likeness (QED) is 0.143. The van der Waals surface area contributed by atoms with Crippen LogP contribution in [0.4, 0.5) is 0 Å². The van der Waals surface area contributed by atoms with Gasteiger partial charge in [-0.15, -0.1) is 0 Å². The summed E-state index contributed by atoms with van der Waals surface area (Å²) in [6.07, 6.45) is 8.20. The summed E-state index contributed by atoms with van der Waals surface area (Å²) in [7, 11) is 0. The van der Waals surface area contributed by atoms with Crippen molar-refractivity contribution in [1.82, 2.24) is 19.3 Å². The Labute approximate surface area is 221 Å². The van der Waals surface area contributed by atoms with Crippen molar-refractivity contribution in [3.63, 3.8) is 0 Å². The molecule has 1 aromatic carbocycles. The standard InChI is InChI=1S/C30H30N4O4/c1-3-4-7-16-38-23-12-8-11-22(17-23)27-25(28(35)26-20(2)32-24-13-5-6-15-33(24)26)29(36)30(37)34(27)19-21-10-9-14-31-18-21/h5-6,8-15,17-18,27,35H,3-4,7,16,19H2,1-2H3/b28-25+. The van der Waals surface area contributed by atoms with Crippen molar-refractivity contribution in [2.24, 2.45) is 0 Å². The largest absolute Gasteiger partial charge is 0.505 e. The molecule has 38 heavy (non-hydrogen) atoms. The van der Waals surface area contributed by atoms with E-state index < -0.39 is 17.7 Å². The number of imidazole rings is 1. The molecule has 4 aromatic rings. The lowest BCUT2D eigenvalue weighted by Gasteiger charge is -2.25. The topological polar surface area (TPSA) is 97.0 Å². The molecule has 0 saturated carbocycles. The van der Waals surface area contributed by atoms with Crippen molar-refractivity contribution in [3.8, 4) is 5.75 Å². The summed E-state index contributed by atoms with van der Waals surface area (Å²) in [6.45, 7) is 4.65. The third-order valence-electron chi connectivity index (χ3n) is 6.73.